The largest absolute Gasteiger partial charge is 0.492 e. The van der Waals surface area contributed by atoms with E-state index in [9.17, 15) is 4.79 Å². The Morgan fingerprint density at radius 3 is 2.69 bits per heavy atom. The Hall–Kier alpha value is -3.43. The number of thiazole rings is 1. The highest BCUT2D eigenvalue weighted by atomic mass is 32.1. The van der Waals surface area contributed by atoms with Crippen molar-refractivity contribution >= 4 is 33.7 Å². The second kappa shape index (κ2) is 9.37. The fraction of sp³-hybridized carbons (Fsp3) is 0.261. The summed E-state index contributed by atoms with van der Waals surface area (Å²) in [6, 6.07) is 11.2. The molecular weight excluding hydrogens is 424 g/mol. The lowest BCUT2D eigenvalue weighted by Gasteiger charge is -2.11. The minimum absolute atomic E-state index is 0.109. The molecule has 0 aliphatic heterocycles. The molecule has 0 spiro atoms. The van der Waals surface area contributed by atoms with Gasteiger partial charge in [0.25, 0.3) is 5.91 Å². The van der Waals surface area contributed by atoms with Crippen molar-refractivity contribution in [1.29, 1.82) is 0 Å². The fourth-order valence-corrected chi connectivity index (χ4v) is 4.02. The van der Waals surface area contributed by atoms with E-state index in [4.69, 9.17) is 14.7 Å². The van der Waals surface area contributed by atoms with Crippen LogP contribution in [0, 0.1) is 6.92 Å². The van der Waals surface area contributed by atoms with Crippen LogP contribution in [0.5, 0.6) is 5.75 Å². The minimum Gasteiger partial charge on any atom is -0.492 e. The van der Waals surface area contributed by atoms with E-state index in [1.165, 1.54) is 11.3 Å². The van der Waals surface area contributed by atoms with Crippen LogP contribution in [0.2, 0.25) is 0 Å². The number of aromatic nitrogens is 3. The van der Waals surface area contributed by atoms with Gasteiger partial charge < -0.3 is 20.3 Å². The lowest BCUT2D eigenvalue weighted by atomic mass is 10.2. The summed E-state index contributed by atoms with van der Waals surface area (Å²) in [4.78, 5) is 23.2. The van der Waals surface area contributed by atoms with Crippen molar-refractivity contribution in [2.45, 2.75) is 6.92 Å². The van der Waals surface area contributed by atoms with Crippen LogP contribution in [0.15, 0.2) is 48.0 Å². The summed E-state index contributed by atoms with van der Waals surface area (Å²) >= 11 is 1.52. The number of amides is 1. The first-order valence-electron chi connectivity index (χ1n) is 10.3. The Labute approximate surface area is 190 Å². The van der Waals surface area contributed by atoms with Crippen LogP contribution < -0.4 is 15.4 Å². The first-order chi connectivity index (χ1) is 15.4. The molecule has 9 heteroatoms. The first-order valence-corrected chi connectivity index (χ1v) is 11.1. The van der Waals surface area contributed by atoms with Crippen LogP contribution in [0.1, 0.15) is 16.1 Å². The number of ether oxygens (including phenoxy) is 1. The molecule has 0 saturated carbocycles. The van der Waals surface area contributed by atoms with E-state index >= 15 is 0 Å². The van der Waals surface area contributed by atoms with Gasteiger partial charge in [0.15, 0.2) is 5.13 Å². The molecule has 0 bridgehead atoms. The third kappa shape index (κ3) is 4.74. The van der Waals surface area contributed by atoms with Crippen LogP contribution in [0.4, 0.5) is 10.8 Å². The zero-order valence-corrected chi connectivity index (χ0v) is 19.4. The van der Waals surface area contributed by atoms with E-state index in [1.54, 1.807) is 19.2 Å². The second-order valence-corrected chi connectivity index (χ2v) is 8.47. The number of rotatable bonds is 8. The molecular formula is C23H26N6O2S. The molecule has 1 amide bonds. The number of fused-ring (bicyclic) bond motifs is 1. The second-order valence-electron chi connectivity index (χ2n) is 7.61. The molecule has 0 radical (unpaired) electrons. The Balaban J connectivity index is 1.52. The predicted octanol–water partition coefficient (Wildman–Crippen LogP) is 3.81. The molecule has 4 aromatic rings. The quantitative estimate of drug-likeness (QED) is 0.425. The lowest BCUT2D eigenvalue weighted by molar-refractivity contribution is 0.0963. The number of aryl methyl sites for hydroxylation is 1. The van der Waals surface area contributed by atoms with Crippen LogP contribution in [-0.2, 0) is 0 Å². The highest BCUT2D eigenvalue weighted by Gasteiger charge is 2.15. The topological polar surface area (TPSA) is 83.8 Å². The molecule has 1 aromatic carbocycles. The maximum Gasteiger partial charge on any atom is 0.251 e. The highest BCUT2D eigenvalue weighted by molar-refractivity contribution is 7.14. The van der Waals surface area contributed by atoms with Crippen molar-refractivity contribution in [3.8, 4) is 17.1 Å². The van der Waals surface area contributed by atoms with Gasteiger partial charge in [0, 0.05) is 42.5 Å². The van der Waals surface area contributed by atoms with Gasteiger partial charge in [-0.05, 0) is 51.4 Å². The third-order valence-electron chi connectivity index (χ3n) is 4.95. The summed E-state index contributed by atoms with van der Waals surface area (Å²) in [5, 5.41) is 8.70. The highest BCUT2D eigenvalue weighted by Crippen LogP contribution is 2.30. The number of anilines is 2. The Morgan fingerprint density at radius 2 is 1.97 bits per heavy atom. The van der Waals surface area contributed by atoms with Gasteiger partial charge in [-0.3, -0.25) is 9.20 Å². The van der Waals surface area contributed by atoms with Crippen molar-refractivity contribution in [3.05, 3.63) is 59.2 Å². The number of pyridine rings is 1. The summed E-state index contributed by atoms with van der Waals surface area (Å²) in [6.07, 6.45) is 1.97. The Morgan fingerprint density at radius 1 is 1.19 bits per heavy atom. The van der Waals surface area contributed by atoms with Crippen LogP contribution in [0.25, 0.3) is 17.0 Å². The van der Waals surface area contributed by atoms with E-state index < -0.39 is 0 Å². The number of carbonyl (C=O) groups excluding carboxylic acids is 1. The van der Waals surface area contributed by atoms with Gasteiger partial charge in [0.05, 0.1) is 11.4 Å². The van der Waals surface area contributed by atoms with Gasteiger partial charge >= 0.3 is 0 Å². The molecule has 0 atom stereocenters. The predicted molar refractivity (Wildman–Crippen MR) is 128 cm³/mol. The normalized spacial score (nSPS) is 11.2. The van der Waals surface area contributed by atoms with Crippen molar-refractivity contribution < 1.29 is 9.53 Å². The molecule has 32 heavy (non-hydrogen) atoms. The average Bonchev–Trinajstić information content (AvgIpc) is 3.36. The molecule has 0 saturated heterocycles. The zero-order chi connectivity index (χ0) is 22.7. The number of nitrogens with one attached hydrogen (secondary N) is 2. The van der Waals surface area contributed by atoms with Crippen LogP contribution in [0.3, 0.4) is 0 Å². The summed E-state index contributed by atoms with van der Waals surface area (Å²) in [6.45, 7) is 3.47. The van der Waals surface area contributed by atoms with Gasteiger partial charge in [0.1, 0.15) is 23.7 Å². The lowest BCUT2D eigenvalue weighted by Crippen LogP contribution is -2.19. The Bertz CT molecular complexity index is 1230. The number of nitrogens with zero attached hydrogens (tertiary/aromatic N) is 4. The first kappa shape index (κ1) is 21.8. The standard InChI is InChI=1S/C23H26N6O2S/c1-15-21(29-10-9-18(13-20(29)25-15)31-12-11-28(3)4)19-14-32-23(27-19)26-17-7-5-16(6-8-17)22(30)24-2/h5-10,13-14H,11-12H2,1-4H3,(H,24,30)(H,26,27). The summed E-state index contributed by atoms with van der Waals surface area (Å²) < 4.78 is 7.87. The number of hydrogen-bond donors (Lipinski definition) is 2. The molecule has 8 nitrogen and oxygen atoms in total. The number of benzene rings is 1. The number of imidazole rings is 1. The summed E-state index contributed by atoms with van der Waals surface area (Å²) in [5.41, 5.74) is 5.02. The maximum atomic E-state index is 11.7. The SMILES string of the molecule is CNC(=O)c1ccc(Nc2nc(-c3c(C)nc4cc(OCCN(C)C)ccn34)cs2)cc1. The summed E-state index contributed by atoms with van der Waals surface area (Å²) in [5.74, 6) is 0.694. The van der Waals surface area contributed by atoms with E-state index in [1.807, 2.05) is 61.3 Å². The van der Waals surface area contributed by atoms with Crippen molar-refractivity contribution in [2.24, 2.45) is 0 Å². The van der Waals surface area contributed by atoms with Gasteiger partial charge in [-0.2, -0.15) is 0 Å². The van der Waals surface area contributed by atoms with Crippen molar-refractivity contribution in [1.82, 2.24) is 24.6 Å². The molecule has 166 valence electrons. The monoisotopic (exact) mass is 450 g/mol. The molecule has 0 aliphatic rings. The Kier molecular flexibility index (Phi) is 6.38. The molecule has 2 N–H and O–H groups in total. The molecule has 3 aromatic heterocycles. The number of hydrogen-bond acceptors (Lipinski definition) is 7. The molecule has 0 unspecified atom stereocenters. The van der Waals surface area contributed by atoms with E-state index in [0.717, 1.165) is 45.8 Å². The third-order valence-corrected chi connectivity index (χ3v) is 5.71. The van der Waals surface area contributed by atoms with E-state index in [-0.39, 0.29) is 5.91 Å². The van der Waals surface area contributed by atoms with Crippen LogP contribution in [-0.4, -0.2) is 59.5 Å². The van der Waals surface area contributed by atoms with E-state index in [0.29, 0.717) is 12.2 Å². The fourth-order valence-electron chi connectivity index (χ4n) is 3.30. The number of carbonyl (C=O) groups is 1. The maximum absolute atomic E-state index is 11.7. The molecule has 0 fully saturated rings. The average molecular weight is 451 g/mol. The van der Waals surface area contributed by atoms with Crippen molar-refractivity contribution in [2.75, 3.05) is 39.6 Å². The van der Waals surface area contributed by atoms with Crippen LogP contribution >= 0.6 is 11.3 Å². The number of likely N-dealkylation sites (N-methyl/N-ethyl adjacent to an activating group) is 1. The molecule has 0 aliphatic carbocycles. The summed E-state index contributed by atoms with van der Waals surface area (Å²) in [7, 11) is 5.66. The van der Waals surface area contributed by atoms with Crippen molar-refractivity contribution in [3.63, 3.8) is 0 Å². The van der Waals surface area contributed by atoms with Gasteiger partial charge in [-0.25, -0.2) is 9.97 Å². The van der Waals surface area contributed by atoms with Gasteiger partial charge in [-0.15, -0.1) is 11.3 Å². The van der Waals surface area contributed by atoms with E-state index in [2.05, 4.69) is 15.5 Å². The van der Waals surface area contributed by atoms with Gasteiger partial charge in [-0.1, -0.05) is 0 Å². The smallest absolute Gasteiger partial charge is 0.251 e. The zero-order valence-electron chi connectivity index (χ0n) is 18.5. The molecule has 4 rings (SSSR count). The minimum atomic E-state index is -0.109. The van der Waals surface area contributed by atoms with Gasteiger partial charge in [0.2, 0.25) is 0 Å². The molecule has 3 heterocycles.